The molecule has 100 valence electrons. The molecular weight excluding hydrogens is 230 g/mol. The lowest BCUT2D eigenvalue weighted by Gasteiger charge is -2.43. The van der Waals surface area contributed by atoms with Gasteiger partial charge in [0.1, 0.15) is 5.54 Å². The molecule has 0 aromatic heterocycles. The van der Waals surface area contributed by atoms with Crippen LogP contribution in [0.4, 0.5) is 4.79 Å². The van der Waals surface area contributed by atoms with E-state index in [1.54, 1.807) is 0 Å². The minimum absolute atomic E-state index is 0.0878. The van der Waals surface area contributed by atoms with Crippen molar-refractivity contribution in [1.29, 1.82) is 0 Å². The van der Waals surface area contributed by atoms with Gasteiger partial charge < -0.3 is 10.2 Å². The average Bonchev–Trinajstić information content (AvgIpc) is 2.71. The monoisotopic (exact) mass is 251 g/mol. The Morgan fingerprint density at radius 1 is 1.28 bits per heavy atom. The fraction of sp³-hybridized carbons (Fsp3) is 0.846. The highest BCUT2D eigenvalue weighted by molar-refractivity contribution is 6.07. The van der Waals surface area contributed by atoms with Crippen molar-refractivity contribution in [3.63, 3.8) is 0 Å². The first-order chi connectivity index (χ1) is 8.66. The fourth-order valence-corrected chi connectivity index (χ4v) is 3.98. The Hall–Kier alpha value is -1.10. The minimum Gasteiger partial charge on any atom is -0.323 e. The zero-order chi connectivity index (χ0) is 12.8. The fourth-order valence-electron chi connectivity index (χ4n) is 3.98. The lowest BCUT2D eigenvalue weighted by atomic mass is 9.77. The maximum Gasteiger partial charge on any atom is 0.322 e. The quantitative estimate of drug-likeness (QED) is 0.726. The Labute approximate surface area is 107 Å². The van der Waals surface area contributed by atoms with E-state index in [2.05, 4.69) is 22.5 Å². The van der Waals surface area contributed by atoms with Crippen LogP contribution < -0.4 is 10.6 Å². The number of amides is 3. The van der Waals surface area contributed by atoms with E-state index in [0.717, 1.165) is 32.5 Å². The number of rotatable bonds is 3. The highest BCUT2D eigenvalue weighted by Gasteiger charge is 2.62. The van der Waals surface area contributed by atoms with E-state index in [9.17, 15) is 9.59 Å². The summed E-state index contributed by atoms with van der Waals surface area (Å²) in [4.78, 5) is 26.0. The second-order valence-electron chi connectivity index (χ2n) is 5.86. The van der Waals surface area contributed by atoms with Crippen LogP contribution in [0.3, 0.4) is 0 Å². The predicted molar refractivity (Wildman–Crippen MR) is 67.0 cm³/mol. The van der Waals surface area contributed by atoms with Gasteiger partial charge in [0.25, 0.3) is 5.91 Å². The first-order valence-corrected chi connectivity index (χ1v) is 7.02. The number of piperidine rings is 1. The number of imide groups is 1. The first kappa shape index (κ1) is 12.0. The predicted octanol–water partition coefficient (Wildman–Crippen LogP) is 0.707. The summed E-state index contributed by atoms with van der Waals surface area (Å²) in [7, 11) is 0. The maximum absolute atomic E-state index is 12.1. The van der Waals surface area contributed by atoms with Gasteiger partial charge >= 0.3 is 6.03 Å². The normalized spacial score (nSPS) is 39.2. The molecular formula is C13H21N3O2. The summed E-state index contributed by atoms with van der Waals surface area (Å²) in [6.07, 6.45) is 4.53. The zero-order valence-corrected chi connectivity index (χ0v) is 10.9. The lowest BCUT2D eigenvalue weighted by molar-refractivity contribution is -0.129. The number of carbonyl (C=O) groups is 2. The van der Waals surface area contributed by atoms with E-state index in [1.165, 1.54) is 12.8 Å². The molecule has 2 atom stereocenters. The third kappa shape index (κ3) is 1.56. The molecule has 1 spiro atoms. The van der Waals surface area contributed by atoms with E-state index in [4.69, 9.17) is 0 Å². The Bertz CT molecular complexity index is 368. The van der Waals surface area contributed by atoms with Crippen LogP contribution in [0.15, 0.2) is 0 Å². The lowest BCUT2D eigenvalue weighted by Crippen LogP contribution is -2.63. The molecule has 5 nitrogen and oxygen atoms in total. The number of carbonyl (C=O) groups excluding carboxylic acids is 2. The van der Waals surface area contributed by atoms with Crippen molar-refractivity contribution >= 4 is 11.9 Å². The van der Waals surface area contributed by atoms with Crippen LogP contribution in [0.2, 0.25) is 0 Å². The van der Waals surface area contributed by atoms with Crippen LogP contribution in [-0.2, 0) is 4.79 Å². The molecule has 5 heteroatoms. The van der Waals surface area contributed by atoms with Crippen molar-refractivity contribution in [3.05, 3.63) is 0 Å². The third-order valence-corrected chi connectivity index (χ3v) is 4.86. The molecule has 3 rings (SSSR count). The molecule has 1 aliphatic carbocycles. The van der Waals surface area contributed by atoms with Gasteiger partial charge in [-0.15, -0.1) is 0 Å². The van der Waals surface area contributed by atoms with E-state index >= 15 is 0 Å². The number of nitrogens with zero attached hydrogens (tertiary/aromatic N) is 1. The smallest absolute Gasteiger partial charge is 0.322 e. The van der Waals surface area contributed by atoms with Gasteiger partial charge in [-0.3, -0.25) is 10.1 Å². The molecule has 3 aliphatic rings. The molecule has 1 saturated carbocycles. The van der Waals surface area contributed by atoms with Crippen LogP contribution >= 0.6 is 0 Å². The SMILES string of the molecule is CCCCN1C[C@H]2CC[C@H](C1)C21NC(=O)NC1=O. The standard InChI is InChI=1S/C13H21N3O2/c1-2-3-6-16-7-9-4-5-10(8-16)13(9)11(17)14-12(18)15-13/h9-10H,2-8H2,1H3,(H2,14,15,17,18)/t9-,10-/m1/s1. The largest absolute Gasteiger partial charge is 0.323 e. The molecule has 2 saturated heterocycles. The van der Waals surface area contributed by atoms with Gasteiger partial charge in [-0.1, -0.05) is 13.3 Å². The van der Waals surface area contributed by atoms with E-state index in [-0.39, 0.29) is 11.9 Å². The molecule has 2 heterocycles. The Morgan fingerprint density at radius 2 is 1.94 bits per heavy atom. The Balaban J connectivity index is 1.77. The van der Waals surface area contributed by atoms with Gasteiger partial charge in [-0.2, -0.15) is 0 Å². The van der Waals surface area contributed by atoms with Crippen LogP contribution in [0.1, 0.15) is 32.6 Å². The van der Waals surface area contributed by atoms with E-state index in [1.807, 2.05) is 0 Å². The average molecular weight is 251 g/mol. The van der Waals surface area contributed by atoms with Crippen molar-refractivity contribution in [1.82, 2.24) is 15.5 Å². The molecule has 2 N–H and O–H groups in total. The number of urea groups is 1. The van der Waals surface area contributed by atoms with Gasteiger partial charge in [-0.05, 0) is 25.8 Å². The summed E-state index contributed by atoms with van der Waals surface area (Å²) in [5.41, 5.74) is -0.584. The molecule has 0 radical (unpaired) electrons. The third-order valence-electron chi connectivity index (χ3n) is 4.86. The molecule has 3 amide bonds. The summed E-state index contributed by atoms with van der Waals surface area (Å²) in [5.74, 6) is 0.495. The maximum atomic E-state index is 12.1. The molecule has 18 heavy (non-hydrogen) atoms. The van der Waals surface area contributed by atoms with E-state index in [0.29, 0.717) is 11.8 Å². The number of hydrogen-bond donors (Lipinski definition) is 2. The Morgan fingerprint density at radius 3 is 2.44 bits per heavy atom. The number of hydrogen-bond acceptors (Lipinski definition) is 3. The number of unbranched alkanes of at least 4 members (excludes halogenated alkanes) is 1. The Kier molecular flexibility index (Phi) is 2.81. The van der Waals surface area contributed by atoms with Crippen LogP contribution in [-0.4, -0.2) is 42.0 Å². The van der Waals surface area contributed by atoms with Crippen molar-refractivity contribution < 1.29 is 9.59 Å². The van der Waals surface area contributed by atoms with Crippen LogP contribution in [0.25, 0.3) is 0 Å². The molecule has 0 unspecified atom stereocenters. The number of nitrogens with one attached hydrogen (secondary N) is 2. The highest BCUT2D eigenvalue weighted by Crippen LogP contribution is 2.46. The summed E-state index contributed by atoms with van der Waals surface area (Å²) >= 11 is 0. The van der Waals surface area contributed by atoms with Crippen LogP contribution in [0.5, 0.6) is 0 Å². The molecule has 0 aromatic carbocycles. The topological polar surface area (TPSA) is 61.4 Å². The minimum atomic E-state index is -0.584. The van der Waals surface area contributed by atoms with Gasteiger partial charge in [0.05, 0.1) is 0 Å². The molecule has 2 aliphatic heterocycles. The van der Waals surface area contributed by atoms with Crippen molar-refractivity contribution in [2.45, 2.75) is 38.1 Å². The zero-order valence-electron chi connectivity index (χ0n) is 10.9. The highest BCUT2D eigenvalue weighted by atomic mass is 16.2. The van der Waals surface area contributed by atoms with Gasteiger partial charge in [0.2, 0.25) is 0 Å². The summed E-state index contributed by atoms with van der Waals surface area (Å²) < 4.78 is 0. The summed E-state index contributed by atoms with van der Waals surface area (Å²) in [6, 6.07) is -0.307. The summed E-state index contributed by atoms with van der Waals surface area (Å²) in [5, 5.41) is 5.36. The van der Waals surface area contributed by atoms with Gasteiger partial charge in [0.15, 0.2) is 0 Å². The number of likely N-dealkylation sites (tertiary alicyclic amines) is 1. The molecule has 3 fully saturated rings. The second-order valence-corrected chi connectivity index (χ2v) is 5.86. The molecule has 2 bridgehead atoms. The van der Waals surface area contributed by atoms with E-state index < -0.39 is 5.54 Å². The van der Waals surface area contributed by atoms with Crippen molar-refractivity contribution in [2.24, 2.45) is 11.8 Å². The van der Waals surface area contributed by atoms with Crippen molar-refractivity contribution in [2.75, 3.05) is 19.6 Å². The van der Waals surface area contributed by atoms with Crippen molar-refractivity contribution in [3.8, 4) is 0 Å². The second kappa shape index (κ2) is 4.23. The van der Waals surface area contributed by atoms with Gasteiger partial charge in [0, 0.05) is 24.9 Å². The van der Waals surface area contributed by atoms with Crippen LogP contribution in [0, 0.1) is 11.8 Å². The first-order valence-electron chi connectivity index (χ1n) is 7.02. The van der Waals surface area contributed by atoms with Gasteiger partial charge in [-0.25, -0.2) is 4.79 Å². The summed E-state index contributed by atoms with van der Waals surface area (Å²) in [6.45, 7) is 5.22. The molecule has 0 aromatic rings.